The number of rotatable bonds is 1. The molecule has 108 valence electrons. The highest BCUT2D eigenvalue weighted by Crippen LogP contribution is 2.25. The van der Waals surface area contributed by atoms with Crippen LogP contribution < -0.4 is 0 Å². The van der Waals surface area contributed by atoms with Crippen molar-refractivity contribution < 1.29 is 19.8 Å². The second kappa shape index (κ2) is 5.81. The fourth-order valence-corrected chi connectivity index (χ4v) is 2.27. The van der Waals surface area contributed by atoms with E-state index in [1.807, 2.05) is 0 Å². The maximum absolute atomic E-state index is 12.3. The van der Waals surface area contributed by atoms with E-state index in [2.05, 4.69) is 0 Å². The third kappa shape index (κ3) is 3.01. The molecule has 1 heterocycles. The van der Waals surface area contributed by atoms with Gasteiger partial charge in [-0.2, -0.15) is 0 Å². The standard InChI is InChI=1S/C14H18N2O4/c1-10(17)15-5-2-6-16(8-7-15)14(20)11-3-4-12(18)13(19)9-11/h3-4,9,18-19H,2,5-8H2,1H3. The fourth-order valence-electron chi connectivity index (χ4n) is 2.27. The minimum Gasteiger partial charge on any atom is -0.504 e. The maximum Gasteiger partial charge on any atom is 0.254 e. The molecule has 1 fully saturated rings. The molecular formula is C14H18N2O4. The molecular weight excluding hydrogens is 260 g/mol. The Morgan fingerprint density at radius 3 is 2.30 bits per heavy atom. The van der Waals surface area contributed by atoms with E-state index in [-0.39, 0.29) is 23.3 Å². The van der Waals surface area contributed by atoms with Gasteiger partial charge in [0, 0.05) is 38.7 Å². The molecule has 2 amide bonds. The summed E-state index contributed by atoms with van der Waals surface area (Å²) in [6.45, 7) is 3.74. The summed E-state index contributed by atoms with van der Waals surface area (Å²) in [4.78, 5) is 27.0. The van der Waals surface area contributed by atoms with Crippen LogP contribution in [0.2, 0.25) is 0 Å². The molecule has 1 aliphatic rings. The molecule has 1 aromatic carbocycles. The van der Waals surface area contributed by atoms with Crippen molar-refractivity contribution in [3.8, 4) is 11.5 Å². The van der Waals surface area contributed by atoms with Gasteiger partial charge in [-0.15, -0.1) is 0 Å². The molecule has 0 aromatic heterocycles. The lowest BCUT2D eigenvalue weighted by atomic mass is 10.1. The van der Waals surface area contributed by atoms with Crippen LogP contribution in [0.15, 0.2) is 18.2 Å². The number of benzene rings is 1. The molecule has 0 bridgehead atoms. The van der Waals surface area contributed by atoms with Crippen molar-refractivity contribution in [2.75, 3.05) is 26.2 Å². The van der Waals surface area contributed by atoms with Crippen molar-refractivity contribution >= 4 is 11.8 Å². The SMILES string of the molecule is CC(=O)N1CCCN(C(=O)c2ccc(O)c(O)c2)CC1. The number of nitrogens with zero attached hydrogens (tertiary/aromatic N) is 2. The smallest absolute Gasteiger partial charge is 0.254 e. The average Bonchev–Trinajstić information content (AvgIpc) is 2.67. The summed E-state index contributed by atoms with van der Waals surface area (Å²) in [7, 11) is 0. The first-order chi connectivity index (χ1) is 9.49. The first-order valence-corrected chi connectivity index (χ1v) is 6.56. The Bertz CT molecular complexity index is 530. The second-order valence-electron chi connectivity index (χ2n) is 4.86. The summed E-state index contributed by atoms with van der Waals surface area (Å²) in [6, 6.07) is 4.03. The van der Waals surface area contributed by atoms with Crippen LogP contribution in [0.5, 0.6) is 11.5 Å². The Hall–Kier alpha value is -2.24. The lowest BCUT2D eigenvalue weighted by Gasteiger charge is -2.21. The van der Waals surface area contributed by atoms with Gasteiger partial charge in [-0.05, 0) is 24.6 Å². The van der Waals surface area contributed by atoms with Gasteiger partial charge in [-0.3, -0.25) is 9.59 Å². The van der Waals surface area contributed by atoms with Gasteiger partial charge in [0.15, 0.2) is 11.5 Å². The highest BCUT2D eigenvalue weighted by Gasteiger charge is 2.21. The summed E-state index contributed by atoms with van der Waals surface area (Å²) in [5.74, 6) is -0.747. The molecule has 1 aliphatic heterocycles. The number of carbonyl (C=O) groups excluding carboxylic acids is 2. The average molecular weight is 278 g/mol. The topological polar surface area (TPSA) is 81.1 Å². The van der Waals surface area contributed by atoms with Crippen LogP contribution in [0.1, 0.15) is 23.7 Å². The van der Waals surface area contributed by atoms with Crippen LogP contribution in [0.4, 0.5) is 0 Å². The van der Waals surface area contributed by atoms with E-state index in [4.69, 9.17) is 0 Å². The van der Waals surface area contributed by atoms with Crippen LogP contribution >= 0.6 is 0 Å². The van der Waals surface area contributed by atoms with Crippen LogP contribution in [0.3, 0.4) is 0 Å². The second-order valence-corrected chi connectivity index (χ2v) is 4.86. The van der Waals surface area contributed by atoms with Crippen molar-refractivity contribution in [2.24, 2.45) is 0 Å². The van der Waals surface area contributed by atoms with E-state index < -0.39 is 0 Å². The zero-order valence-corrected chi connectivity index (χ0v) is 11.4. The van der Waals surface area contributed by atoms with Gasteiger partial charge in [0.25, 0.3) is 5.91 Å². The molecule has 0 spiro atoms. The summed E-state index contributed by atoms with van der Waals surface area (Å²) in [5.41, 5.74) is 0.330. The zero-order valence-electron chi connectivity index (χ0n) is 11.4. The highest BCUT2D eigenvalue weighted by molar-refractivity contribution is 5.95. The number of hydrogen-bond acceptors (Lipinski definition) is 4. The van der Waals surface area contributed by atoms with Crippen molar-refractivity contribution in [3.63, 3.8) is 0 Å². The first-order valence-electron chi connectivity index (χ1n) is 6.56. The minimum atomic E-state index is -0.309. The maximum atomic E-state index is 12.3. The van der Waals surface area contributed by atoms with E-state index in [9.17, 15) is 19.8 Å². The Balaban J connectivity index is 2.09. The lowest BCUT2D eigenvalue weighted by Crippen LogP contribution is -2.36. The van der Waals surface area contributed by atoms with Gasteiger partial charge in [-0.25, -0.2) is 0 Å². The van der Waals surface area contributed by atoms with Gasteiger partial charge in [0.05, 0.1) is 0 Å². The Morgan fingerprint density at radius 1 is 1.00 bits per heavy atom. The fraction of sp³-hybridized carbons (Fsp3) is 0.429. The van der Waals surface area contributed by atoms with E-state index in [0.717, 1.165) is 6.42 Å². The number of carbonyl (C=O) groups is 2. The minimum absolute atomic E-state index is 0.0153. The molecule has 0 unspecified atom stereocenters. The number of aromatic hydroxyl groups is 2. The van der Waals surface area contributed by atoms with Crippen LogP contribution in [0, 0.1) is 0 Å². The number of hydrogen-bond donors (Lipinski definition) is 2. The number of phenolic OH excluding ortho intramolecular Hbond substituents is 2. The molecule has 1 saturated heterocycles. The third-order valence-corrected chi connectivity index (χ3v) is 3.45. The Kier molecular flexibility index (Phi) is 4.12. The van der Waals surface area contributed by atoms with Gasteiger partial charge in [0.1, 0.15) is 0 Å². The number of phenols is 2. The highest BCUT2D eigenvalue weighted by atomic mass is 16.3. The van der Waals surface area contributed by atoms with Crippen LogP contribution in [-0.4, -0.2) is 58.0 Å². The van der Waals surface area contributed by atoms with Crippen molar-refractivity contribution in [3.05, 3.63) is 23.8 Å². The molecule has 1 aromatic rings. The molecule has 6 heteroatoms. The molecule has 2 N–H and O–H groups in total. The van der Waals surface area contributed by atoms with Crippen molar-refractivity contribution in [2.45, 2.75) is 13.3 Å². The van der Waals surface area contributed by atoms with Gasteiger partial charge in [-0.1, -0.05) is 0 Å². The zero-order chi connectivity index (χ0) is 14.7. The van der Waals surface area contributed by atoms with Crippen LogP contribution in [0.25, 0.3) is 0 Å². The Morgan fingerprint density at radius 2 is 1.65 bits per heavy atom. The first kappa shape index (κ1) is 14.2. The van der Waals surface area contributed by atoms with Crippen LogP contribution in [-0.2, 0) is 4.79 Å². The largest absolute Gasteiger partial charge is 0.504 e. The molecule has 0 atom stereocenters. The quantitative estimate of drug-likeness (QED) is 0.744. The summed E-state index contributed by atoms with van der Waals surface area (Å²) >= 11 is 0. The van der Waals surface area contributed by atoms with Crippen molar-refractivity contribution in [1.82, 2.24) is 9.80 Å². The molecule has 6 nitrogen and oxygen atoms in total. The van der Waals surface area contributed by atoms with E-state index in [0.29, 0.717) is 31.7 Å². The van der Waals surface area contributed by atoms with Crippen molar-refractivity contribution in [1.29, 1.82) is 0 Å². The molecule has 0 aliphatic carbocycles. The summed E-state index contributed by atoms with van der Waals surface area (Å²) in [6.07, 6.45) is 0.732. The third-order valence-electron chi connectivity index (χ3n) is 3.45. The monoisotopic (exact) mass is 278 g/mol. The van der Waals surface area contributed by atoms with E-state index in [1.165, 1.54) is 25.1 Å². The molecule has 20 heavy (non-hydrogen) atoms. The van der Waals surface area contributed by atoms with Gasteiger partial charge < -0.3 is 20.0 Å². The number of amides is 2. The predicted molar refractivity (Wildman–Crippen MR) is 72.5 cm³/mol. The molecule has 2 rings (SSSR count). The summed E-state index contributed by atoms with van der Waals surface area (Å²) in [5, 5.41) is 18.7. The van der Waals surface area contributed by atoms with Gasteiger partial charge in [0.2, 0.25) is 5.91 Å². The van der Waals surface area contributed by atoms with E-state index in [1.54, 1.807) is 9.80 Å². The molecule has 0 radical (unpaired) electrons. The molecule has 0 saturated carbocycles. The lowest BCUT2D eigenvalue weighted by molar-refractivity contribution is -0.128. The van der Waals surface area contributed by atoms with Gasteiger partial charge >= 0.3 is 0 Å². The normalized spacial score (nSPS) is 15.8. The summed E-state index contributed by atoms with van der Waals surface area (Å²) < 4.78 is 0. The van der Waals surface area contributed by atoms with E-state index >= 15 is 0 Å². The predicted octanol–water partition coefficient (Wildman–Crippen LogP) is 0.792. The Labute approximate surface area is 117 Å².